The van der Waals surface area contributed by atoms with Gasteiger partial charge in [-0.1, -0.05) is 24.3 Å². The smallest absolute Gasteiger partial charge is 0.392 e. The summed E-state index contributed by atoms with van der Waals surface area (Å²) in [7, 11) is -4.71. The van der Waals surface area contributed by atoms with Crippen molar-refractivity contribution in [2.45, 2.75) is 6.61 Å². The van der Waals surface area contributed by atoms with Crippen LogP contribution < -0.4 is 4.18 Å². The molecule has 0 aromatic heterocycles. The lowest BCUT2D eigenvalue weighted by Gasteiger charge is -2.07. The fraction of sp³-hybridized carbons (Fsp3) is 0.0667. The molecule has 0 amide bonds. The third-order valence-corrected chi connectivity index (χ3v) is 3.41. The number of rotatable bonds is 6. The van der Waals surface area contributed by atoms with E-state index in [1.54, 1.807) is 12.1 Å². The van der Waals surface area contributed by atoms with E-state index in [4.69, 9.17) is 9.66 Å². The largest absolute Gasteiger partial charge is 0.446 e. The van der Waals surface area contributed by atoms with Gasteiger partial charge in [0.2, 0.25) is 0 Å². The van der Waals surface area contributed by atoms with Crippen LogP contribution in [0, 0.1) is 10.1 Å². The molecule has 24 heavy (non-hydrogen) atoms. The maximum Gasteiger partial charge on any atom is 0.446 e. The Labute approximate surface area is 137 Å². The van der Waals surface area contributed by atoms with E-state index < -0.39 is 15.3 Å². The quantitative estimate of drug-likeness (QED) is 0.354. The Bertz CT molecular complexity index is 873. The molecule has 0 saturated carbocycles. The van der Waals surface area contributed by atoms with Crippen LogP contribution in [0.1, 0.15) is 16.7 Å². The first-order chi connectivity index (χ1) is 11.3. The molecular formula is C15H13NO7S. The summed E-state index contributed by atoms with van der Waals surface area (Å²) >= 11 is 0. The second kappa shape index (κ2) is 7.21. The van der Waals surface area contributed by atoms with E-state index in [9.17, 15) is 18.5 Å². The van der Waals surface area contributed by atoms with Crippen molar-refractivity contribution in [2.24, 2.45) is 0 Å². The summed E-state index contributed by atoms with van der Waals surface area (Å²) in [6.07, 6.45) is 3.11. The molecule has 0 aliphatic rings. The van der Waals surface area contributed by atoms with Crippen LogP contribution in [0.25, 0.3) is 12.2 Å². The van der Waals surface area contributed by atoms with Crippen molar-refractivity contribution in [1.29, 1.82) is 0 Å². The van der Waals surface area contributed by atoms with Crippen LogP contribution in [0.3, 0.4) is 0 Å². The summed E-state index contributed by atoms with van der Waals surface area (Å²) in [4.78, 5) is 10.1. The fourth-order valence-electron chi connectivity index (χ4n) is 1.89. The molecule has 0 aliphatic heterocycles. The van der Waals surface area contributed by atoms with Gasteiger partial charge < -0.3 is 9.29 Å². The highest BCUT2D eigenvalue weighted by Gasteiger charge is 2.11. The van der Waals surface area contributed by atoms with Crippen molar-refractivity contribution >= 4 is 28.2 Å². The van der Waals surface area contributed by atoms with Crippen LogP contribution in [0.4, 0.5) is 5.69 Å². The average molecular weight is 351 g/mol. The number of hydrogen-bond acceptors (Lipinski definition) is 6. The third kappa shape index (κ3) is 4.88. The van der Waals surface area contributed by atoms with Crippen LogP contribution in [-0.2, 0) is 17.0 Å². The van der Waals surface area contributed by atoms with Crippen LogP contribution in [0.15, 0.2) is 42.5 Å². The molecule has 126 valence electrons. The molecule has 2 rings (SSSR count). The number of non-ortho nitro benzene ring substituents is 1. The first kappa shape index (κ1) is 17.6. The zero-order valence-electron chi connectivity index (χ0n) is 12.2. The van der Waals surface area contributed by atoms with E-state index in [2.05, 4.69) is 4.18 Å². The maximum absolute atomic E-state index is 10.9. The maximum atomic E-state index is 10.9. The predicted molar refractivity (Wildman–Crippen MR) is 86.6 cm³/mol. The molecule has 8 nitrogen and oxygen atoms in total. The first-order valence-corrected chi connectivity index (χ1v) is 7.98. The standard InChI is InChI=1S/C15H13NO7S/c17-10-12-2-6-13(15(9-12)23-24(20,21)22)5-1-11-3-7-14(8-4-11)16(18)19/h1-9,17H,10H2,(H,20,21,22). The van der Waals surface area contributed by atoms with Gasteiger partial charge in [0, 0.05) is 17.7 Å². The van der Waals surface area contributed by atoms with Crippen molar-refractivity contribution < 1.29 is 27.2 Å². The molecule has 0 radical (unpaired) electrons. The van der Waals surface area contributed by atoms with Crippen LogP contribution in [0.2, 0.25) is 0 Å². The number of aliphatic hydroxyl groups excluding tert-OH is 1. The molecule has 2 aromatic rings. The molecule has 0 spiro atoms. The van der Waals surface area contributed by atoms with Crippen LogP contribution in [-0.4, -0.2) is 23.0 Å². The zero-order chi connectivity index (χ0) is 17.7. The highest BCUT2D eigenvalue weighted by atomic mass is 32.3. The van der Waals surface area contributed by atoms with Gasteiger partial charge in [-0.3, -0.25) is 14.7 Å². The van der Waals surface area contributed by atoms with E-state index in [0.717, 1.165) is 0 Å². The van der Waals surface area contributed by atoms with Gasteiger partial charge in [0.15, 0.2) is 5.75 Å². The lowest BCUT2D eigenvalue weighted by molar-refractivity contribution is -0.384. The Balaban J connectivity index is 2.32. The van der Waals surface area contributed by atoms with Crippen molar-refractivity contribution in [3.63, 3.8) is 0 Å². The summed E-state index contributed by atoms with van der Waals surface area (Å²) in [6, 6.07) is 10.1. The monoisotopic (exact) mass is 351 g/mol. The predicted octanol–water partition coefficient (Wildman–Crippen LogP) is 2.44. The second-order valence-electron chi connectivity index (χ2n) is 4.72. The number of nitro groups is 1. The van der Waals surface area contributed by atoms with Gasteiger partial charge in [0.25, 0.3) is 5.69 Å². The Morgan fingerprint density at radius 3 is 2.33 bits per heavy atom. The molecule has 0 saturated heterocycles. The highest BCUT2D eigenvalue weighted by Crippen LogP contribution is 2.24. The van der Waals surface area contributed by atoms with Crippen molar-refractivity contribution in [3.8, 4) is 5.75 Å². The third-order valence-electron chi connectivity index (χ3n) is 3.01. The molecule has 0 aliphatic carbocycles. The molecule has 2 aromatic carbocycles. The summed E-state index contributed by atoms with van der Waals surface area (Å²) in [5, 5.41) is 19.7. The van der Waals surface area contributed by atoms with Gasteiger partial charge in [0.1, 0.15) is 0 Å². The van der Waals surface area contributed by atoms with Crippen molar-refractivity contribution in [3.05, 3.63) is 69.3 Å². The Morgan fingerprint density at radius 2 is 1.79 bits per heavy atom. The summed E-state index contributed by atoms with van der Waals surface area (Å²) in [5.41, 5.74) is 1.34. The number of aliphatic hydroxyl groups is 1. The fourth-order valence-corrected chi connectivity index (χ4v) is 2.26. The number of hydrogen-bond donors (Lipinski definition) is 2. The van der Waals surface area contributed by atoms with Crippen LogP contribution in [0.5, 0.6) is 5.75 Å². The van der Waals surface area contributed by atoms with E-state index in [1.165, 1.54) is 42.5 Å². The van der Waals surface area contributed by atoms with Gasteiger partial charge >= 0.3 is 10.4 Å². The normalized spacial score (nSPS) is 11.6. The minimum absolute atomic E-state index is 0.0464. The summed E-state index contributed by atoms with van der Waals surface area (Å²) in [6.45, 7) is -0.325. The minimum atomic E-state index is -4.71. The van der Waals surface area contributed by atoms with Gasteiger partial charge in [-0.25, -0.2) is 0 Å². The number of nitrogens with zero attached hydrogens (tertiary/aromatic N) is 1. The Kier molecular flexibility index (Phi) is 5.29. The van der Waals surface area contributed by atoms with Crippen LogP contribution >= 0.6 is 0 Å². The van der Waals surface area contributed by atoms with E-state index in [0.29, 0.717) is 16.7 Å². The number of benzene rings is 2. The molecular weight excluding hydrogens is 338 g/mol. The first-order valence-electron chi connectivity index (χ1n) is 6.62. The minimum Gasteiger partial charge on any atom is -0.392 e. The summed E-state index contributed by atoms with van der Waals surface area (Å²) in [5.74, 6) is -0.151. The molecule has 0 fully saturated rings. The lowest BCUT2D eigenvalue weighted by Crippen LogP contribution is -2.08. The lowest BCUT2D eigenvalue weighted by atomic mass is 10.1. The number of nitro benzene ring substituents is 1. The van der Waals surface area contributed by atoms with E-state index in [-0.39, 0.29) is 18.0 Å². The van der Waals surface area contributed by atoms with Gasteiger partial charge in [0.05, 0.1) is 11.5 Å². The highest BCUT2D eigenvalue weighted by molar-refractivity contribution is 7.81. The summed E-state index contributed by atoms with van der Waals surface area (Å²) < 4.78 is 35.1. The molecule has 9 heteroatoms. The molecule has 0 atom stereocenters. The van der Waals surface area contributed by atoms with Crippen molar-refractivity contribution in [1.82, 2.24) is 0 Å². The Hall–Kier alpha value is -2.75. The van der Waals surface area contributed by atoms with Crippen molar-refractivity contribution in [2.75, 3.05) is 0 Å². The van der Waals surface area contributed by atoms with E-state index >= 15 is 0 Å². The van der Waals surface area contributed by atoms with Gasteiger partial charge in [-0.2, -0.15) is 8.42 Å². The second-order valence-corrected chi connectivity index (χ2v) is 5.75. The SMILES string of the molecule is O=[N+]([O-])c1ccc(C=Cc2ccc(CO)cc2OS(=O)(=O)O)cc1. The van der Waals surface area contributed by atoms with E-state index in [1.807, 2.05) is 0 Å². The molecule has 0 heterocycles. The molecule has 2 N–H and O–H groups in total. The average Bonchev–Trinajstić information content (AvgIpc) is 2.52. The topological polar surface area (TPSA) is 127 Å². The zero-order valence-corrected chi connectivity index (χ0v) is 13.0. The van der Waals surface area contributed by atoms with Gasteiger partial charge in [-0.15, -0.1) is 0 Å². The molecule has 0 unspecified atom stereocenters. The van der Waals surface area contributed by atoms with Gasteiger partial charge in [-0.05, 0) is 29.3 Å². The Morgan fingerprint density at radius 1 is 1.12 bits per heavy atom. The molecule has 0 bridgehead atoms.